The van der Waals surface area contributed by atoms with Crippen molar-refractivity contribution in [2.45, 2.75) is 40.0 Å². The molecule has 0 bridgehead atoms. The van der Waals surface area contributed by atoms with E-state index in [0.29, 0.717) is 0 Å². The summed E-state index contributed by atoms with van der Waals surface area (Å²) in [6.45, 7) is 6.87. The van der Waals surface area contributed by atoms with Crippen LogP contribution in [0, 0.1) is 11.8 Å². The van der Waals surface area contributed by atoms with Gasteiger partial charge in [0.1, 0.15) is 0 Å². The largest absolute Gasteiger partial charge is 0.0651 e. The first kappa shape index (κ1) is 11.3. The third-order valence-electron chi connectivity index (χ3n) is 2.74. The van der Waals surface area contributed by atoms with Gasteiger partial charge in [-0.1, -0.05) is 57.5 Å². The van der Waals surface area contributed by atoms with Gasteiger partial charge in [0, 0.05) is 0 Å². The molecule has 0 heteroatoms. The molecule has 0 saturated carbocycles. The first-order valence-electron chi connectivity index (χ1n) is 5.57. The van der Waals surface area contributed by atoms with Crippen molar-refractivity contribution in [3.8, 4) is 0 Å². The molecule has 0 nitrogen and oxygen atoms in total. The van der Waals surface area contributed by atoms with Crippen LogP contribution >= 0.6 is 0 Å². The molecule has 0 aliphatic rings. The second-order valence-electron chi connectivity index (χ2n) is 4.34. The summed E-state index contributed by atoms with van der Waals surface area (Å²) in [7, 11) is 0. The quantitative estimate of drug-likeness (QED) is 0.649. The fraction of sp³-hybridized carbons (Fsp3) is 0.500. The van der Waals surface area contributed by atoms with Gasteiger partial charge in [0.2, 0.25) is 0 Å². The summed E-state index contributed by atoms with van der Waals surface area (Å²) >= 11 is 0. The summed E-state index contributed by atoms with van der Waals surface area (Å²) in [5, 5.41) is 0. The van der Waals surface area contributed by atoms with E-state index in [1.54, 1.807) is 5.92 Å². The number of hydrogen-bond acceptors (Lipinski definition) is 0. The van der Waals surface area contributed by atoms with Crippen molar-refractivity contribution in [3.63, 3.8) is 0 Å². The molecule has 0 aromatic heterocycles. The lowest BCUT2D eigenvalue weighted by Crippen LogP contribution is -2.03. The molecule has 14 heavy (non-hydrogen) atoms. The van der Waals surface area contributed by atoms with Crippen molar-refractivity contribution in [2.24, 2.45) is 5.92 Å². The fourth-order valence-electron chi connectivity index (χ4n) is 1.76. The molecular formula is C14H21. The molecule has 0 N–H and O–H groups in total. The Balaban J connectivity index is 2.37. The van der Waals surface area contributed by atoms with E-state index in [9.17, 15) is 0 Å². The molecule has 1 unspecified atom stereocenters. The van der Waals surface area contributed by atoms with Crippen LogP contribution in [0.4, 0.5) is 0 Å². The van der Waals surface area contributed by atoms with Crippen LogP contribution in [0.15, 0.2) is 30.3 Å². The van der Waals surface area contributed by atoms with Crippen LogP contribution in [0.1, 0.15) is 39.2 Å². The first-order valence-corrected chi connectivity index (χ1v) is 5.57. The average molecular weight is 189 g/mol. The van der Waals surface area contributed by atoms with Gasteiger partial charge in [0.25, 0.3) is 0 Å². The fourth-order valence-corrected chi connectivity index (χ4v) is 1.76. The van der Waals surface area contributed by atoms with Crippen LogP contribution in [0.25, 0.3) is 0 Å². The zero-order valence-electron chi connectivity index (χ0n) is 9.59. The molecule has 1 radical (unpaired) electrons. The summed E-state index contributed by atoms with van der Waals surface area (Å²) in [6.07, 6.45) is 3.70. The van der Waals surface area contributed by atoms with Crippen molar-refractivity contribution in [3.05, 3.63) is 41.8 Å². The Hall–Kier alpha value is -0.780. The second kappa shape index (κ2) is 5.85. The van der Waals surface area contributed by atoms with Crippen LogP contribution in [0.2, 0.25) is 0 Å². The molecular weight excluding hydrogens is 168 g/mol. The SMILES string of the molecule is CCC(C)C[C](C)Cc1ccccc1. The summed E-state index contributed by atoms with van der Waals surface area (Å²) in [4.78, 5) is 0. The molecule has 0 saturated heterocycles. The minimum atomic E-state index is 0.832. The maximum atomic E-state index is 2.33. The van der Waals surface area contributed by atoms with E-state index >= 15 is 0 Å². The Bertz CT molecular complexity index is 237. The van der Waals surface area contributed by atoms with Crippen molar-refractivity contribution in [1.82, 2.24) is 0 Å². The summed E-state index contributed by atoms with van der Waals surface area (Å²) in [6, 6.07) is 10.7. The van der Waals surface area contributed by atoms with Crippen molar-refractivity contribution < 1.29 is 0 Å². The van der Waals surface area contributed by atoms with Crippen molar-refractivity contribution in [2.75, 3.05) is 0 Å². The van der Waals surface area contributed by atoms with E-state index in [1.807, 2.05) is 0 Å². The molecule has 0 heterocycles. The number of hydrogen-bond donors (Lipinski definition) is 0. The molecule has 1 aromatic carbocycles. The number of benzene rings is 1. The van der Waals surface area contributed by atoms with Crippen LogP contribution < -0.4 is 0 Å². The highest BCUT2D eigenvalue weighted by Crippen LogP contribution is 2.20. The first-order chi connectivity index (χ1) is 6.72. The Labute approximate surface area is 88.4 Å². The van der Waals surface area contributed by atoms with Gasteiger partial charge in [0.15, 0.2) is 0 Å². The lowest BCUT2D eigenvalue weighted by Gasteiger charge is -2.15. The Morgan fingerprint density at radius 3 is 2.43 bits per heavy atom. The molecule has 1 aromatic rings. The average Bonchev–Trinajstić information content (AvgIpc) is 2.19. The van der Waals surface area contributed by atoms with E-state index in [1.165, 1.54) is 18.4 Å². The highest BCUT2D eigenvalue weighted by Gasteiger charge is 2.08. The third kappa shape index (κ3) is 3.95. The van der Waals surface area contributed by atoms with Gasteiger partial charge >= 0.3 is 0 Å². The van der Waals surface area contributed by atoms with E-state index in [2.05, 4.69) is 51.1 Å². The predicted octanol–water partition coefficient (Wildman–Crippen LogP) is 4.26. The zero-order chi connectivity index (χ0) is 10.4. The van der Waals surface area contributed by atoms with Gasteiger partial charge in [0.05, 0.1) is 0 Å². The molecule has 0 amide bonds. The minimum absolute atomic E-state index is 0.832. The summed E-state index contributed by atoms with van der Waals surface area (Å²) in [5.41, 5.74) is 1.44. The van der Waals surface area contributed by atoms with Crippen LogP contribution in [0.3, 0.4) is 0 Å². The van der Waals surface area contributed by atoms with Crippen molar-refractivity contribution in [1.29, 1.82) is 0 Å². The monoisotopic (exact) mass is 189 g/mol. The van der Waals surface area contributed by atoms with Gasteiger partial charge in [-0.05, 0) is 30.2 Å². The molecule has 1 atom stereocenters. The smallest absolute Gasteiger partial charge is 0.0219 e. The van der Waals surface area contributed by atoms with Crippen LogP contribution in [0.5, 0.6) is 0 Å². The minimum Gasteiger partial charge on any atom is -0.0651 e. The summed E-state index contributed by atoms with van der Waals surface area (Å²) in [5.74, 6) is 2.43. The summed E-state index contributed by atoms with van der Waals surface area (Å²) < 4.78 is 0. The predicted molar refractivity (Wildman–Crippen MR) is 63.1 cm³/mol. The topological polar surface area (TPSA) is 0 Å². The Kier molecular flexibility index (Phi) is 4.72. The number of rotatable bonds is 5. The molecule has 77 valence electrons. The Morgan fingerprint density at radius 2 is 1.86 bits per heavy atom. The zero-order valence-corrected chi connectivity index (χ0v) is 9.59. The molecule has 0 aliphatic carbocycles. The van der Waals surface area contributed by atoms with Gasteiger partial charge in [-0.2, -0.15) is 0 Å². The maximum absolute atomic E-state index is 2.33. The van der Waals surface area contributed by atoms with Crippen LogP contribution in [-0.4, -0.2) is 0 Å². The second-order valence-corrected chi connectivity index (χ2v) is 4.34. The molecule has 0 spiro atoms. The van der Waals surface area contributed by atoms with Gasteiger partial charge in [-0.15, -0.1) is 0 Å². The van der Waals surface area contributed by atoms with E-state index in [0.717, 1.165) is 12.3 Å². The van der Waals surface area contributed by atoms with Gasteiger partial charge < -0.3 is 0 Å². The highest BCUT2D eigenvalue weighted by molar-refractivity contribution is 5.18. The van der Waals surface area contributed by atoms with Crippen molar-refractivity contribution >= 4 is 0 Å². The van der Waals surface area contributed by atoms with E-state index in [-0.39, 0.29) is 0 Å². The lowest BCUT2D eigenvalue weighted by molar-refractivity contribution is 0.518. The van der Waals surface area contributed by atoms with Gasteiger partial charge in [-0.3, -0.25) is 0 Å². The standard InChI is InChI=1S/C14H21/c1-4-12(2)10-13(3)11-14-8-6-5-7-9-14/h5-9,12H,4,10-11H2,1-3H3. The molecule has 1 rings (SSSR count). The maximum Gasteiger partial charge on any atom is -0.0219 e. The van der Waals surface area contributed by atoms with E-state index in [4.69, 9.17) is 0 Å². The third-order valence-corrected chi connectivity index (χ3v) is 2.74. The molecule has 0 aliphatic heterocycles. The van der Waals surface area contributed by atoms with Crippen LogP contribution in [-0.2, 0) is 6.42 Å². The van der Waals surface area contributed by atoms with Gasteiger partial charge in [-0.25, -0.2) is 0 Å². The Morgan fingerprint density at radius 1 is 1.21 bits per heavy atom. The molecule has 0 fully saturated rings. The van der Waals surface area contributed by atoms with E-state index < -0.39 is 0 Å². The highest BCUT2D eigenvalue weighted by atomic mass is 14.1. The lowest BCUT2D eigenvalue weighted by atomic mass is 9.90. The normalized spacial score (nSPS) is 13.1.